The van der Waals surface area contributed by atoms with Crippen molar-refractivity contribution < 1.29 is 14.6 Å². The Hall–Kier alpha value is -1.26. The molecule has 13 heavy (non-hydrogen) atoms. The van der Waals surface area contributed by atoms with Gasteiger partial charge in [-0.05, 0) is 5.53 Å². The first-order valence-electron chi connectivity index (χ1n) is 3.93. The predicted octanol–water partition coefficient (Wildman–Crippen LogP) is 0.857. The van der Waals surface area contributed by atoms with Crippen LogP contribution in [0.25, 0.3) is 10.4 Å². The fourth-order valence-corrected chi connectivity index (χ4v) is 0.528. The van der Waals surface area contributed by atoms with Crippen molar-refractivity contribution in [2.75, 3.05) is 13.2 Å². The highest BCUT2D eigenvalue weighted by Crippen LogP contribution is 1.97. The Morgan fingerprint density at radius 1 is 1.69 bits per heavy atom. The van der Waals surface area contributed by atoms with E-state index in [1.807, 2.05) is 0 Å². The first-order chi connectivity index (χ1) is 6.07. The van der Waals surface area contributed by atoms with Crippen LogP contribution in [0.1, 0.15) is 13.8 Å². The van der Waals surface area contributed by atoms with Crippen LogP contribution >= 0.6 is 0 Å². The van der Waals surface area contributed by atoms with Gasteiger partial charge in [-0.3, -0.25) is 4.79 Å². The molecule has 0 unspecified atom stereocenters. The number of esters is 1. The third-order valence-electron chi connectivity index (χ3n) is 1.25. The van der Waals surface area contributed by atoms with Gasteiger partial charge < -0.3 is 9.84 Å². The zero-order chi connectivity index (χ0) is 10.3. The summed E-state index contributed by atoms with van der Waals surface area (Å²) in [6.07, 6.45) is -0.918. The quantitative estimate of drug-likeness (QED) is 0.299. The monoisotopic (exact) mass is 187 g/mol. The van der Waals surface area contributed by atoms with Crippen molar-refractivity contribution in [1.82, 2.24) is 0 Å². The largest absolute Gasteiger partial charge is 0.463 e. The summed E-state index contributed by atoms with van der Waals surface area (Å²) in [6, 6.07) is 0. The van der Waals surface area contributed by atoms with Crippen LogP contribution in [0.4, 0.5) is 0 Å². The van der Waals surface area contributed by atoms with E-state index in [2.05, 4.69) is 10.0 Å². The number of aliphatic hydroxyl groups is 1. The molecule has 0 fully saturated rings. The normalized spacial score (nSPS) is 12.0. The molecule has 0 amide bonds. The summed E-state index contributed by atoms with van der Waals surface area (Å²) in [6.45, 7) is 3.18. The van der Waals surface area contributed by atoms with Crippen molar-refractivity contribution in [2.45, 2.75) is 20.0 Å². The average molecular weight is 187 g/mol. The van der Waals surface area contributed by atoms with E-state index in [9.17, 15) is 4.79 Å². The van der Waals surface area contributed by atoms with Crippen LogP contribution in [0, 0.1) is 5.92 Å². The molecule has 6 heteroatoms. The first-order valence-corrected chi connectivity index (χ1v) is 3.93. The van der Waals surface area contributed by atoms with Crippen molar-refractivity contribution in [3.8, 4) is 0 Å². The second-order valence-corrected chi connectivity index (χ2v) is 2.85. The molecular formula is C7H13N3O3. The number of hydrogen-bond donors (Lipinski definition) is 1. The second-order valence-electron chi connectivity index (χ2n) is 2.85. The van der Waals surface area contributed by atoms with Gasteiger partial charge in [-0.2, -0.15) is 0 Å². The number of aliphatic hydroxyl groups excluding tert-OH is 1. The lowest BCUT2D eigenvalue weighted by molar-refractivity contribution is -0.150. The molecule has 0 saturated carbocycles. The molecule has 0 aromatic carbocycles. The number of rotatable bonds is 5. The van der Waals surface area contributed by atoms with E-state index in [1.54, 1.807) is 13.8 Å². The Morgan fingerprint density at radius 3 is 2.77 bits per heavy atom. The molecule has 74 valence electrons. The van der Waals surface area contributed by atoms with Crippen LogP contribution in [-0.4, -0.2) is 30.3 Å². The van der Waals surface area contributed by atoms with E-state index in [0.29, 0.717) is 0 Å². The van der Waals surface area contributed by atoms with Gasteiger partial charge in [-0.25, -0.2) is 0 Å². The van der Waals surface area contributed by atoms with Crippen molar-refractivity contribution in [1.29, 1.82) is 0 Å². The molecule has 0 aliphatic carbocycles. The molecule has 0 bridgehead atoms. The SMILES string of the molecule is CC(C)C(=O)OC[C@@H](O)CN=[N+]=[N-]. The summed E-state index contributed by atoms with van der Waals surface area (Å²) in [5.41, 5.74) is 7.92. The molecule has 0 radical (unpaired) electrons. The molecule has 0 rings (SSSR count). The topological polar surface area (TPSA) is 95.3 Å². The molecule has 0 aromatic rings. The highest BCUT2D eigenvalue weighted by molar-refractivity contribution is 5.71. The Bertz CT molecular complexity index is 211. The van der Waals surface area contributed by atoms with Gasteiger partial charge >= 0.3 is 5.97 Å². The molecule has 1 atom stereocenters. The van der Waals surface area contributed by atoms with Gasteiger partial charge in [0.1, 0.15) is 6.61 Å². The molecule has 0 saturated heterocycles. The van der Waals surface area contributed by atoms with Gasteiger partial charge in [-0.15, -0.1) is 0 Å². The van der Waals surface area contributed by atoms with Crippen LogP contribution in [0.5, 0.6) is 0 Å². The summed E-state index contributed by atoms with van der Waals surface area (Å²) in [4.78, 5) is 13.3. The standard InChI is InChI=1S/C7H13N3O3/c1-5(2)7(12)13-4-6(11)3-9-10-8/h5-6,11H,3-4H2,1-2H3/t6-/m0/s1. The van der Waals surface area contributed by atoms with Crippen LogP contribution in [-0.2, 0) is 9.53 Å². The average Bonchev–Trinajstić information content (AvgIpc) is 2.10. The number of ether oxygens (including phenoxy) is 1. The van der Waals surface area contributed by atoms with Gasteiger partial charge in [0, 0.05) is 4.91 Å². The fraction of sp³-hybridized carbons (Fsp3) is 0.857. The molecule has 0 spiro atoms. The van der Waals surface area contributed by atoms with Gasteiger partial charge in [0.25, 0.3) is 0 Å². The molecule has 0 aromatic heterocycles. The van der Waals surface area contributed by atoms with Gasteiger partial charge in [-0.1, -0.05) is 19.0 Å². The molecule has 0 heterocycles. The summed E-state index contributed by atoms with van der Waals surface area (Å²) < 4.78 is 4.69. The Labute approximate surface area is 76.1 Å². The van der Waals surface area contributed by atoms with Gasteiger partial charge in [0.2, 0.25) is 0 Å². The lowest BCUT2D eigenvalue weighted by atomic mass is 10.2. The molecule has 0 aliphatic heterocycles. The second kappa shape index (κ2) is 6.28. The van der Waals surface area contributed by atoms with Gasteiger partial charge in [0.15, 0.2) is 0 Å². The summed E-state index contributed by atoms with van der Waals surface area (Å²) in [5.74, 6) is -0.591. The molecule has 0 aliphatic rings. The van der Waals surface area contributed by atoms with E-state index in [4.69, 9.17) is 15.4 Å². The van der Waals surface area contributed by atoms with Crippen molar-refractivity contribution in [3.63, 3.8) is 0 Å². The van der Waals surface area contributed by atoms with Crippen LogP contribution in [0.2, 0.25) is 0 Å². The number of carbonyl (C=O) groups excluding carboxylic acids is 1. The first kappa shape index (κ1) is 11.7. The minimum atomic E-state index is -0.918. The number of nitrogens with zero attached hydrogens (tertiary/aromatic N) is 3. The Kier molecular flexibility index (Phi) is 5.67. The maximum atomic E-state index is 10.9. The highest BCUT2D eigenvalue weighted by Gasteiger charge is 2.10. The number of carbonyl (C=O) groups is 1. The highest BCUT2D eigenvalue weighted by atomic mass is 16.5. The summed E-state index contributed by atoms with van der Waals surface area (Å²) in [5, 5.41) is 12.2. The van der Waals surface area contributed by atoms with Crippen molar-refractivity contribution >= 4 is 5.97 Å². The predicted molar refractivity (Wildman–Crippen MR) is 45.8 cm³/mol. The van der Waals surface area contributed by atoms with E-state index in [0.717, 1.165) is 0 Å². The Morgan fingerprint density at radius 2 is 2.31 bits per heavy atom. The van der Waals surface area contributed by atoms with Crippen LogP contribution < -0.4 is 0 Å². The molecule has 6 nitrogen and oxygen atoms in total. The molecule has 1 N–H and O–H groups in total. The third kappa shape index (κ3) is 5.95. The smallest absolute Gasteiger partial charge is 0.308 e. The van der Waals surface area contributed by atoms with Gasteiger partial charge in [0.05, 0.1) is 18.6 Å². The summed E-state index contributed by atoms with van der Waals surface area (Å²) >= 11 is 0. The lowest BCUT2D eigenvalue weighted by Gasteiger charge is -2.09. The minimum Gasteiger partial charge on any atom is -0.463 e. The van der Waals surface area contributed by atoms with E-state index in [1.165, 1.54) is 0 Å². The summed E-state index contributed by atoms with van der Waals surface area (Å²) in [7, 11) is 0. The molecular weight excluding hydrogens is 174 g/mol. The van der Waals surface area contributed by atoms with Crippen molar-refractivity contribution in [2.24, 2.45) is 11.0 Å². The fourth-order valence-electron chi connectivity index (χ4n) is 0.528. The lowest BCUT2D eigenvalue weighted by Crippen LogP contribution is -2.23. The maximum Gasteiger partial charge on any atom is 0.308 e. The Balaban J connectivity index is 3.63. The van der Waals surface area contributed by atoms with Crippen LogP contribution in [0.3, 0.4) is 0 Å². The maximum absolute atomic E-state index is 10.9. The third-order valence-corrected chi connectivity index (χ3v) is 1.25. The minimum absolute atomic E-state index is 0.0815. The number of hydrogen-bond acceptors (Lipinski definition) is 4. The zero-order valence-corrected chi connectivity index (χ0v) is 7.67. The number of azide groups is 1. The zero-order valence-electron chi connectivity index (χ0n) is 7.67. The van der Waals surface area contributed by atoms with E-state index >= 15 is 0 Å². The van der Waals surface area contributed by atoms with Crippen molar-refractivity contribution in [3.05, 3.63) is 10.4 Å². The van der Waals surface area contributed by atoms with E-state index < -0.39 is 6.10 Å². The van der Waals surface area contributed by atoms with Crippen LogP contribution in [0.15, 0.2) is 5.11 Å². The van der Waals surface area contributed by atoms with E-state index in [-0.39, 0.29) is 25.0 Å².